The van der Waals surface area contributed by atoms with Crippen molar-refractivity contribution < 1.29 is 24.1 Å². The van der Waals surface area contributed by atoms with Crippen molar-refractivity contribution in [2.24, 2.45) is 5.41 Å². The van der Waals surface area contributed by atoms with Crippen LogP contribution in [0.3, 0.4) is 0 Å². The van der Waals surface area contributed by atoms with Gasteiger partial charge in [0.1, 0.15) is 6.79 Å². The first-order valence-electron chi connectivity index (χ1n) is 7.25. The summed E-state index contributed by atoms with van der Waals surface area (Å²) in [7, 11) is 1.63. The maximum atomic E-state index is 11.1. The van der Waals surface area contributed by atoms with E-state index in [1.54, 1.807) is 21.0 Å². The van der Waals surface area contributed by atoms with Crippen LogP contribution in [0.5, 0.6) is 0 Å². The molecule has 1 N–H and O–H groups in total. The van der Waals surface area contributed by atoms with Gasteiger partial charge in [-0.1, -0.05) is 18.2 Å². The van der Waals surface area contributed by atoms with Crippen molar-refractivity contribution in [2.45, 2.75) is 39.2 Å². The zero-order valence-corrected chi connectivity index (χ0v) is 13.1. The summed E-state index contributed by atoms with van der Waals surface area (Å²) in [5, 5.41) is 9.15. The second-order valence-electron chi connectivity index (χ2n) is 5.75. The number of ether oxygens (including phenoxy) is 3. The lowest BCUT2D eigenvalue weighted by Gasteiger charge is -2.23. The third-order valence-corrected chi connectivity index (χ3v) is 3.49. The van der Waals surface area contributed by atoms with E-state index in [1.807, 2.05) is 12.2 Å². The number of carboxylic acids is 1. The Balaban J connectivity index is 2.50. The summed E-state index contributed by atoms with van der Waals surface area (Å²) in [6, 6.07) is 0. The zero-order chi connectivity index (χ0) is 15.7. The molecule has 0 spiro atoms. The molecule has 0 aromatic carbocycles. The first kappa shape index (κ1) is 17.9. The van der Waals surface area contributed by atoms with Crippen LogP contribution in [0.4, 0.5) is 0 Å². The molecule has 1 unspecified atom stereocenters. The molecule has 1 atom stereocenters. The van der Waals surface area contributed by atoms with Crippen LogP contribution in [0, 0.1) is 5.41 Å². The van der Waals surface area contributed by atoms with E-state index in [0.29, 0.717) is 19.6 Å². The first-order chi connectivity index (χ1) is 9.97. The summed E-state index contributed by atoms with van der Waals surface area (Å²) in [6.45, 7) is 4.72. The largest absolute Gasteiger partial charge is 0.481 e. The lowest BCUT2D eigenvalue weighted by Crippen LogP contribution is -2.24. The van der Waals surface area contributed by atoms with Gasteiger partial charge in [-0.05, 0) is 38.7 Å². The molecule has 1 aliphatic rings. The van der Waals surface area contributed by atoms with Gasteiger partial charge in [0.2, 0.25) is 0 Å². The number of carbonyl (C=O) groups is 1. The number of hydrogen-bond acceptors (Lipinski definition) is 4. The molecule has 0 fully saturated rings. The van der Waals surface area contributed by atoms with Gasteiger partial charge in [0, 0.05) is 7.11 Å². The molecular formula is C16H26O5. The summed E-state index contributed by atoms with van der Waals surface area (Å²) in [5.41, 5.74) is 0.267. The molecule has 1 aliphatic carbocycles. The average Bonchev–Trinajstić information content (AvgIpc) is 2.46. The Labute approximate surface area is 126 Å². The number of aliphatic carboxylic acids is 1. The van der Waals surface area contributed by atoms with Gasteiger partial charge >= 0.3 is 5.97 Å². The fourth-order valence-electron chi connectivity index (χ4n) is 1.91. The average molecular weight is 298 g/mol. The highest BCUT2D eigenvalue weighted by Crippen LogP contribution is 2.26. The van der Waals surface area contributed by atoms with Gasteiger partial charge in [-0.25, -0.2) is 0 Å². The Morgan fingerprint density at radius 3 is 2.90 bits per heavy atom. The van der Waals surface area contributed by atoms with Crippen LogP contribution in [-0.2, 0) is 19.0 Å². The molecule has 120 valence electrons. The van der Waals surface area contributed by atoms with Crippen LogP contribution in [-0.4, -0.2) is 44.3 Å². The monoisotopic (exact) mass is 298 g/mol. The predicted octanol–water partition coefficient (Wildman–Crippen LogP) is 2.77. The first-order valence-corrected chi connectivity index (χ1v) is 7.25. The zero-order valence-electron chi connectivity index (χ0n) is 13.1. The van der Waals surface area contributed by atoms with E-state index in [9.17, 15) is 4.79 Å². The molecule has 0 saturated heterocycles. The van der Waals surface area contributed by atoms with E-state index < -0.39 is 11.4 Å². The summed E-state index contributed by atoms with van der Waals surface area (Å²) in [5.74, 6) is -0.792. The summed E-state index contributed by atoms with van der Waals surface area (Å²) >= 11 is 0. The van der Waals surface area contributed by atoms with Crippen LogP contribution in [0.2, 0.25) is 0 Å². The number of methoxy groups -OCH3 is 1. The van der Waals surface area contributed by atoms with Crippen molar-refractivity contribution in [1.82, 2.24) is 0 Å². The van der Waals surface area contributed by atoms with E-state index in [-0.39, 0.29) is 12.9 Å². The molecule has 0 aliphatic heterocycles. The minimum atomic E-state index is -0.792. The van der Waals surface area contributed by atoms with Gasteiger partial charge in [0.25, 0.3) is 0 Å². The Hall–Kier alpha value is -1.17. The molecule has 0 bridgehead atoms. The molecule has 0 heterocycles. The van der Waals surface area contributed by atoms with E-state index in [4.69, 9.17) is 19.3 Å². The highest BCUT2D eigenvalue weighted by molar-refractivity contribution is 5.73. The van der Waals surface area contributed by atoms with Crippen LogP contribution in [0.15, 0.2) is 23.8 Å². The minimum Gasteiger partial charge on any atom is -0.481 e. The molecule has 1 rings (SSSR count). The number of hydrogen-bond donors (Lipinski definition) is 1. The normalized spacial score (nSPS) is 20.9. The fraction of sp³-hybridized carbons (Fsp3) is 0.688. The van der Waals surface area contributed by atoms with Crippen molar-refractivity contribution in [3.63, 3.8) is 0 Å². The van der Waals surface area contributed by atoms with E-state index in [2.05, 4.69) is 6.08 Å². The summed E-state index contributed by atoms with van der Waals surface area (Å²) in [4.78, 5) is 11.1. The smallest absolute Gasteiger partial charge is 0.309 e. The Morgan fingerprint density at radius 2 is 2.24 bits per heavy atom. The van der Waals surface area contributed by atoms with Crippen molar-refractivity contribution in [2.75, 3.05) is 27.1 Å². The van der Waals surface area contributed by atoms with Crippen LogP contribution in [0.25, 0.3) is 0 Å². The van der Waals surface area contributed by atoms with Crippen LogP contribution in [0.1, 0.15) is 33.1 Å². The number of rotatable bonds is 9. The third-order valence-electron chi connectivity index (χ3n) is 3.49. The predicted molar refractivity (Wildman–Crippen MR) is 80.1 cm³/mol. The van der Waals surface area contributed by atoms with Crippen LogP contribution >= 0.6 is 0 Å². The maximum Gasteiger partial charge on any atom is 0.309 e. The van der Waals surface area contributed by atoms with Gasteiger partial charge in [0.15, 0.2) is 0 Å². The highest BCUT2D eigenvalue weighted by Gasteiger charge is 2.26. The number of allylic oxidation sites excluding steroid dienone is 2. The molecule has 0 aromatic rings. The second kappa shape index (κ2) is 8.97. The minimum absolute atomic E-state index is 0.0258. The van der Waals surface area contributed by atoms with Crippen molar-refractivity contribution in [3.8, 4) is 0 Å². The molecule has 21 heavy (non-hydrogen) atoms. The van der Waals surface area contributed by atoms with Gasteiger partial charge in [-0.2, -0.15) is 0 Å². The standard InChI is InChI=1S/C16H26O5/c1-16(2,15(17)18)9-8-13-6-4-5-7-14(13)21-12-20-11-10-19-3/h4,6,8,14H,5,7,9-12H2,1-3H3,(H,17,18)/b13-8+. The molecule has 0 aromatic heterocycles. The molecular weight excluding hydrogens is 272 g/mol. The van der Waals surface area contributed by atoms with Crippen molar-refractivity contribution >= 4 is 5.97 Å². The quantitative estimate of drug-likeness (QED) is 0.524. The Kier molecular flexibility index (Phi) is 7.64. The highest BCUT2D eigenvalue weighted by atomic mass is 16.7. The fourth-order valence-corrected chi connectivity index (χ4v) is 1.91. The molecule has 0 radical (unpaired) electrons. The maximum absolute atomic E-state index is 11.1. The third kappa shape index (κ3) is 6.42. The van der Waals surface area contributed by atoms with E-state index in [1.165, 1.54) is 0 Å². The van der Waals surface area contributed by atoms with Crippen LogP contribution < -0.4 is 0 Å². The second-order valence-corrected chi connectivity index (χ2v) is 5.75. The van der Waals surface area contributed by atoms with Gasteiger partial charge in [-0.15, -0.1) is 0 Å². The molecule has 0 saturated carbocycles. The SMILES string of the molecule is COCCOCOC1CCC=C/C1=C\CC(C)(C)C(=O)O. The lowest BCUT2D eigenvalue weighted by molar-refractivity contribution is -0.146. The molecule has 5 nitrogen and oxygen atoms in total. The van der Waals surface area contributed by atoms with E-state index in [0.717, 1.165) is 18.4 Å². The lowest BCUT2D eigenvalue weighted by atomic mass is 9.87. The summed E-state index contributed by atoms with van der Waals surface area (Å²) in [6.07, 6.45) is 8.37. The summed E-state index contributed by atoms with van der Waals surface area (Å²) < 4.78 is 15.9. The van der Waals surface area contributed by atoms with Gasteiger partial charge in [0.05, 0.1) is 24.7 Å². The van der Waals surface area contributed by atoms with Crippen molar-refractivity contribution in [1.29, 1.82) is 0 Å². The topological polar surface area (TPSA) is 65.0 Å². The Morgan fingerprint density at radius 1 is 1.48 bits per heavy atom. The molecule has 0 amide bonds. The van der Waals surface area contributed by atoms with Crippen molar-refractivity contribution in [3.05, 3.63) is 23.8 Å². The van der Waals surface area contributed by atoms with Gasteiger partial charge in [-0.3, -0.25) is 4.79 Å². The number of carboxylic acid groups (broad SMARTS) is 1. The Bertz CT molecular complexity index is 384. The van der Waals surface area contributed by atoms with Gasteiger partial charge < -0.3 is 19.3 Å². The molecule has 5 heteroatoms. The van der Waals surface area contributed by atoms with E-state index >= 15 is 0 Å².